The van der Waals surface area contributed by atoms with Crippen molar-refractivity contribution in [2.24, 2.45) is 0 Å². The Kier molecular flexibility index (Phi) is 16.6. The summed E-state index contributed by atoms with van der Waals surface area (Å²) in [7, 11) is -3.64. The van der Waals surface area contributed by atoms with Crippen LogP contribution >= 0.6 is 7.26 Å². The average Bonchev–Trinajstić information content (AvgIpc) is 3.17. The second kappa shape index (κ2) is 20.9. The molecule has 4 nitrogen and oxygen atoms in total. The molecule has 0 N–H and O–H groups in total. The summed E-state index contributed by atoms with van der Waals surface area (Å²) in [4.78, 5) is 0. The highest BCUT2D eigenvalue weighted by atomic mass is 31.2. The monoisotopic (exact) mass is 771 g/mol. The van der Waals surface area contributed by atoms with Gasteiger partial charge in [-0.3, -0.25) is 0 Å². The Morgan fingerprint density at radius 2 is 1.33 bits per heavy atom. The summed E-state index contributed by atoms with van der Waals surface area (Å²) in [5.74, 6) is 0. The molecule has 0 bridgehead atoms. The van der Waals surface area contributed by atoms with Crippen molar-refractivity contribution in [3.8, 4) is 0 Å². The smallest absolute Gasteiger partial charge is 0.261 e. The lowest BCUT2D eigenvalue weighted by atomic mass is 9.94. The van der Waals surface area contributed by atoms with E-state index >= 15 is 0 Å². The molecule has 3 aromatic carbocycles. The fourth-order valence-electron chi connectivity index (χ4n) is 9.02. The van der Waals surface area contributed by atoms with Crippen LogP contribution in [0.1, 0.15) is 130 Å². The largest absolute Gasteiger partial charge is 0.407 e. The third-order valence-corrected chi connectivity index (χ3v) is 21.7. The molecule has 296 valence electrons. The number of unbranched alkanes of at least 4 members (excludes halogenated alkanes) is 3. The Hall–Kier alpha value is -2.11. The second-order valence-electron chi connectivity index (χ2n) is 17.3. The van der Waals surface area contributed by atoms with Gasteiger partial charge >= 0.3 is 0 Å². The lowest BCUT2D eigenvalue weighted by molar-refractivity contribution is -0.225. The maximum atomic E-state index is 7.24. The Morgan fingerprint density at radius 1 is 0.741 bits per heavy atom. The minimum absolute atomic E-state index is 0.0461. The summed E-state index contributed by atoms with van der Waals surface area (Å²) in [6, 6.07) is 31.1. The first-order valence-corrected chi connectivity index (χ1v) is 25.8. The number of benzene rings is 3. The van der Waals surface area contributed by atoms with Gasteiger partial charge in [0.1, 0.15) is 0 Å². The van der Waals surface area contributed by atoms with Gasteiger partial charge in [-0.15, -0.1) is 0 Å². The highest BCUT2D eigenvalue weighted by molar-refractivity contribution is 7.75. The van der Waals surface area contributed by atoms with Crippen LogP contribution in [0.3, 0.4) is 0 Å². The molecule has 0 unspecified atom stereocenters. The van der Waals surface area contributed by atoms with Crippen LogP contribution in [0.25, 0.3) is 0 Å². The number of hydrogen-bond acceptors (Lipinski definition) is 4. The summed E-state index contributed by atoms with van der Waals surface area (Å²) in [5, 5.41) is 2.59. The fraction of sp³-hybridized carbons (Fsp3) is 0.583. The van der Waals surface area contributed by atoms with Crippen LogP contribution in [0.15, 0.2) is 97.1 Å². The number of ether oxygens (including phenoxy) is 3. The van der Waals surface area contributed by atoms with E-state index in [1.54, 1.807) is 0 Å². The molecule has 54 heavy (non-hydrogen) atoms. The van der Waals surface area contributed by atoms with Crippen molar-refractivity contribution in [1.29, 1.82) is 0 Å². The van der Waals surface area contributed by atoms with Crippen molar-refractivity contribution in [3.05, 3.63) is 108 Å². The summed E-state index contributed by atoms with van der Waals surface area (Å²) >= 11 is 0. The van der Waals surface area contributed by atoms with E-state index in [0.717, 1.165) is 32.1 Å². The molecule has 2 aliphatic rings. The molecule has 2 fully saturated rings. The van der Waals surface area contributed by atoms with Crippen LogP contribution in [-0.4, -0.2) is 58.3 Å². The molecule has 0 aromatic heterocycles. The predicted octanol–water partition coefficient (Wildman–Crippen LogP) is 11.9. The SMILES string of the molecule is C=C1C[C@H](C[C@@H]2CCO[C@H](c3cccc(C[P+](CCCC)(CCCC)CCCC)c3)O2)O[C@@H](CCO[Si](c2ccccc2)(c2ccccc2)C(C)(C)C)C1. The molecule has 3 aromatic rings. The molecule has 0 aliphatic carbocycles. The molecule has 2 heterocycles. The maximum absolute atomic E-state index is 7.24. The zero-order valence-electron chi connectivity index (χ0n) is 34.7. The van der Waals surface area contributed by atoms with E-state index in [1.165, 1.54) is 90.2 Å². The highest BCUT2D eigenvalue weighted by Crippen LogP contribution is 2.63. The van der Waals surface area contributed by atoms with Gasteiger partial charge in [0.15, 0.2) is 6.29 Å². The molecular weight excluding hydrogens is 700 g/mol. The van der Waals surface area contributed by atoms with E-state index in [1.807, 2.05) is 0 Å². The Morgan fingerprint density at radius 3 is 1.91 bits per heavy atom. The lowest BCUT2D eigenvalue weighted by Gasteiger charge is -2.43. The van der Waals surface area contributed by atoms with E-state index in [0.29, 0.717) is 13.2 Å². The normalized spacial score (nSPS) is 21.3. The molecule has 2 saturated heterocycles. The van der Waals surface area contributed by atoms with Gasteiger partial charge < -0.3 is 18.6 Å². The van der Waals surface area contributed by atoms with E-state index in [4.69, 9.17) is 18.6 Å². The first-order chi connectivity index (χ1) is 26.1. The van der Waals surface area contributed by atoms with Crippen LogP contribution in [0.5, 0.6) is 0 Å². The van der Waals surface area contributed by atoms with Crippen molar-refractivity contribution in [3.63, 3.8) is 0 Å². The molecule has 0 saturated carbocycles. The average molecular weight is 772 g/mol. The van der Waals surface area contributed by atoms with E-state index in [2.05, 4.69) is 133 Å². The van der Waals surface area contributed by atoms with Crippen molar-refractivity contribution in [2.45, 2.75) is 148 Å². The second-order valence-corrected chi connectivity index (χ2v) is 25.9. The zero-order chi connectivity index (χ0) is 38.4. The lowest BCUT2D eigenvalue weighted by Crippen LogP contribution is -2.66. The summed E-state index contributed by atoms with van der Waals surface area (Å²) in [6.07, 6.45) is 17.9. The van der Waals surface area contributed by atoms with Gasteiger partial charge in [0.2, 0.25) is 0 Å². The van der Waals surface area contributed by atoms with Crippen LogP contribution < -0.4 is 10.4 Å². The highest BCUT2D eigenvalue weighted by Gasteiger charge is 2.50. The van der Waals surface area contributed by atoms with Crippen LogP contribution in [0.4, 0.5) is 0 Å². The fourth-order valence-corrected chi connectivity index (χ4v) is 18.7. The van der Waals surface area contributed by atoms with Crippen LogP contribution in [0, 0.1) is 0 Å². The summed E-state index contributed by atoms with van der Waals surface area (Å²) in [6.45, 7) is 19.9. The van der Waals surface area contributed by atoms with Gasteiger partial charge in [-0.05, 0) is 72.0 Å². The molecule has 4 atom stereocenters. The minimum atomic E-state index is -2.59. The summed E-state index contributed by atoms with van der Waals surface area (Å²) < 4.78 is 27.1. The van der Waals surface area contributed by atoms with Gasteiger partial charge in [0.25, 0.3) is 8.32 Å². The molecular formula is C48H72O4PSi+. The van der Waals surface area contributed by atoms with Gasteiger partial charge in [-0.25, -0.2) is 0 Å². The Balaban J connectivity index is 1.22. The van der Waals surface area contributed by atoms with Crippen molar-refractivity contribution < 1.29 is 18.6 Å². The standard InChI is InChI=1S/C48H72O4PSi/c1-8-11-31-53(32-12-9-2,33-13-10-3)38-40-21-20-22-41(36-40)47-49-29-27-43(52-47)37-44-35-39(4)34-42(51-44)28-30-50-54(48(5,6)7,45-23-16-14-17-24-45)46-25-18-15-19-26-46/h14-26,36,42-44,47H,4,8-13,27-35,37-38H2,1-3,5-7H3/q+1/t42-,43-,44+,47-/m0/s1. The maximum Gasteiger partial charge on any atom is 0.261 e. The van der Waals surface area contributed by atoms with Gasteiger partial charge in [0.05, 0.1) is 49.6 Å². The van der Waals surface area contributed by atoms with Crippen molar-refractivity contribution in [1.82, 2.24) is 0 Å². The first kappa shape index (κ1) is 43.0. The topological polar surface area (TPSA) is 36.9 Å². The first-order valence-electron chi connectivity index (χ1n) is 21.4. The van der Waals surface area contributed by atoms with Gasteiger partial charge in [-0.1, -0.05) is 152 Å². The molecule has 0 spiro atoms. The van der Waals surface area contributed by atoms with E-state index < -0.39 is 15.6 Å². The van der Waals surface area contributed by atoms with Crippen molar-refractivity contribution in [2.75, 3.05) is 31.7 Å². The third-order valence-electron chi connectivity index (χ3n) is 11.8. The van der Waals surface area contributed by atoms with Gasteiger partial charge in [0, 0.05) is 25.9 Å². The van der Waals surface area contributed by atoms with Crippen LogP contribution in [0.2, 0.25) is 5.04 Å². The van der Waals surface area contributed by atoms with Crippen LogP contribution in [-0.2, 0) is 24.8 Å². The summed E-state index contributed by atoms with van der Waals surface area (Å²) in [5.41, 5.74) is 3.93. The Bertz CT molecular complexity index is 1480. The van der Waals surface area contributed by atoms with E-state index in [-0.39, 0.29) is 29.6 Å². The van der Waals surface area contributed by atoms with E-state index in [9.17, 15) is 0 Å². The van der Waals surface area contributed by atoms with Gasteiger partial charge in [-0.2, -0.15) is 0 Å². The molecule has 6 heteroatoms. The molecule has 2 aliphatic heterocycles. The third kappa shape index (κ3) is 11.5. The number of rotatable bonds is 20. The molecule has 5 rings (SSSR count). The van der Waals surface area contributed by atoms with Crippen molar-refractivity contribution >= 4 is 26.0 Å². The predicted molar refractivity (Wildman–Crippen MR) is 234 cm³/mol. The Labute approximate surface area is 331 Å². The minimum Gasteiger partial charge on any atom is -0.407 e. The number of hydrogen-bond donors (Lipinski definition) is 0. The zero-order valence-corrected chi connectivity index (χ0v) is 36.6. The quantitative estimate of drug-likeness (QED) is 0.0651. The molecule has 0 radical (unpaired) electrons. The molecule has 0 amide bonds.